The number of ether oxygens (including phenoxy) is 1. The second kappa shape index (κ2) is 5.19. The summed E-state index contributed by atoms with van der Waals surface area (Å²) in [4.78, 5) is 10.8. The Hall–Kier alpha value is -1.51. The first-order valence-electron chi connectivity index (χ1n) is 3.57. The molecule has 1 rings (SSSR count). The second-order valence-electron chi connectivity index (χ2n) is 2.38. The highest BCUT2D eigenvalue weighted by molar-refractivity contribution is 5.73. The van der Waals surface area contributed by atoms with Crippen LogP contribution in [0, 0.1) is 0 Å². The summed E-state index contributed by atoms with van der Waals surface area (Å²) in [7, 11) is 1.32. The summed E-state index contributed by atoms with van der Waals surface area (Å²) in [5, 5.41) is 9.25. The van der Waals surface area contributed by atoms with Crippen molar-refractivity contribution in [2.24, 2.45) is 0 Å². The average molecular weight is 182 g/mol. The van der Waals surface area contributed by atoms with E-state index in [0.29, 0.717) is 5.56 Å². The van der Waals surface area contributed by atoms with Crippen LogP contribution in [-0.4, -0.2) is 18.2 Å². The first-order chi connectivity index (χ1) is 5.74. The van der Waals surface area contributed by atoms with E-state index in [1.165, 1.54) is 13.2 Å². The van der Waals surface area contributed by atoms with E-state index in [0.717, 1.165) is 0 Å². The van der Waals surface area contributed by atoms with Gasteiger partial charge < -0.3 is 9.84 Å². The van der Waals surface area contributed by atoms with Crippen LogP contribution in [0.4, 0.5) is 0 Å². The van der Waals surface area contributed by atoms with Gasteiger partial charge in [0.1, 0.15) is 5.75 Å². The molecule has 0 aliphatic carbocycles. The smallest absolute Gasteiger partial charge is 0.310 e. The molecule has 0 unspecified atom stereocenters. The minimum absolute atomic E-state index is 0. The van der Waals surface area contributed by atoms with Crippen LogP contribution in [0.1, 0.15) is 13.0 Å². The number of carbonyl (C=O) groups is 1. The van der Waals surface area contributed by atoms with Crippen molar-refractivity contribution >= 4 is 5.97 Å². The third kappa shape index (κ3) is 3.15. The third-order valence-electron chi connectivity index (χ3n) is 1.55. The SMILES string of the molecule is C.COC(=O)Cc1ccccc1O. The van der Waals surface area contributed by atoms with Crippen molar-refractivity contribution in [2.75, 3.05) is 7.11 Å². The largest absolute Gasteiger partial charge is 0.508 e. The van der Waals surface area contributed by atoms with Gasteiger partial charge >= 0.3 is 5.97 Å². The van der Waals surface area contributed by atoms with Crippen molar-refractivity contribution in [1.82, 2.24) is 0 Å². The molecular formula is C10H14O3. The molecule has 0 heterocycles. The van der Waals surface area contributed by atoms with Crippen LogP contribution in [-0.2, 0) is 16.0 Å². The molecule has 0 aliphatic rings. The van der Waals surface area contributed by atoms with Crippen molar-refractivity contribution in [2.45, 2.75) is 13.8 Å². The predicted molar refractivity (Wildman–Crippen MR) is 50.6 cm³/mol. The maximum Gasteiger partial charge on any atom is 0.310 e. The molecule has 3 heteroatoms. The number of aromatic hydroxyl groups is 1. The van der Waals surface area contributed by atoms with Gasteiger partial charge in [-0.2, -0.15) is 0 Å². The molecule has 13 heavy (non-hydrogen) atoms. The Labute approximate surface area is 78.0 Å². The van der Waals surface area contributed by atoms with E-state index in [4.69, 9.17) is 0 Å². The van der Waals surface area contributed by atoms with Gasteiger partial charge in [0.2, 0.25) is 0 Å². The van der Waals surface area contributed by atoms with Gasteiger partial charge in [-0.3, -0.25) is 4.79 Å². The zero-order valence-corrected chi connectivity index (χ0v) is 6.78. The first kappa shape index (κ1) is 11.5. The highest BCUT2D eigenvalue weighted by Crippen LogP contribution is 2.15. The molecule has 0 saturated carbocycles. The average Bonchev–Trinajstić information content (AvgIpc) is 2.09. The molecule has 1 aromatic rings. The number of phenols is 1. The Balaban J connectivity index is 0.00000144. The zero-order valence-electron chi connectivity index (χ0n) is 6.78. The molecular weight excluding hydrogens is 168 g/mol. The van der Waals surface area contributed by atoms with E-state index in [1.54, 1.807) is 18.2 Å². The number of benzene rings is 1. The van der Waals surface area contributed by atoms with E-state index in [9.17, 15) is 9.90 Å². The number of phenolic OH excluding ortho intramolecular Hbond substituents is 1. The number of hydrogen-bond donors (Lipinski definition) is 1. The molecule has 0 saturated heterocycles. The maximum atomic E-state index is 10.8. The Morgan fingerprint density at radius 2 is 2.08 bits per heavy atom. The fraction of sp³-hybridized carbons (Fsp3) is 0.300. The van der Waals surface area contributed by atoms with Gasteiger partial charge in [-0.1, -0.05) is 25.6 Å². The topological polar surface area (TPSA) is 46.5 Å². The fourth-order valence-corrected chi connectivity index (χ4v) is 0.888. The molecule has 0 atom stereocenters. The zero-order chi connectivity index (χ0) is 8.97. The van der Waals surface area contributed by atoms with Crippen LogP contribution in [0.15, 0.2) is 24.3 Å². The Morgan fingerprint density at radius 1 is 1.46 bits per heavy atom. The number of hydrogen-bond acceptors (Lipinski definition) is 3. The standard InChI is InChI=1S/C9H10O3.CH4/c1-12-9(11)6-7-4-2-3-5-8(7)10;/h2-5,10H,6H2,1H3;1H4. The predicted octanol–water partition coefficient (Wildman–Crippen LogP) is 1.74. The van der Waals surface area contributed by atoms with Crippen LogP contribution in [0.3, 0.4) is 0 Å². The lowest BCUT2D eigenvalue weighted by atomic mass is 10.1. The van der Waals surface area contributed by atoms with Gasteiger partial charge in [0.15, 0.2) is 0 Å². The molecule has 0 fully saturated rings. The molecule has 1 aromatic carbocycles. The highest BCUT2D eigenvalue weighted by atomic mass is 16.5. The lowest BCUT2D eigenvalue weighted by Crippen LogP contribution is -2.04. The molecule has 0 radical (unpaired) electrons. The van der Waals surface area contributed by atoms with E-state index >= 15 is 0 Å². The number of esters is 1. The Bertz CT molecular complexity index is 281. The van der Waals surface area contributed by atoms with E-state index in [2.05, 4.69) is 4.74 Å². The van der Waals surface area contributed by atoms with E-state index in [1.807, 2.05) is 0 Å². The normalized spacial score (nSPS) is 8.69. The fourth-order valence-electron chi connectivity index (χ4n) is 0.888. The van der Waals surface area contributed by atoms with E-state index < -0.39 is 0 Å². The Kier molecular flexibility index (Phi) is 4.59. The van der Waals surface area contributed by atoms with Gasteiger partial charge in [0, 0.05) is 5.56 Å². The van der Waals surface area contributed by atoms with Crippen molar-refractivity contribution < 1.29 is 14.6 Å². The van der Waals surface area contributed by atoms with E-state index in [-0.39, 0.29) is 25.6 Å². The van der Waals surface area contributed by atoms with Crippen LogP contribution in [0.25, 0.3) is 0 Å². The van der Waals surface area contributed by atoms with Crippen molar-refractivity contribution in [3.63, 3.8) is 0 Å². The summed E-state index contributed by atoms with van der Waals surface area (Å²) in [6.07, 6.45) is 0.114. The lowest BCUT2D eigenvalue weighted by Gasteiger charge is -2.01. The summed E-state index contributed by atoms with van der Waals surface area (Å²) in [6, 6.07) is 6.69. The minimum atomic E-state index is -0.350. The van der Waals surface area contributed by atoms with Gasteiger partial charge in [0.05, 0.1) is 13.5 Å². The van der Waals surface area contributed by atoms with Gasteiger partial charge in [0.25, 0.3) is 0 Å². The van der Waals surface area contributed by atoms with Crippen LogP contribution in [0.2, 0.25) is 0 Å². The van der Waals surface area contributed by atoms with Crippen LogP contribution >= 0.6 is 0 Å². The number of carbonyl (C=O) groups excluding carboxylic acids is 1. The highest BCUT2D eigenvalue weighted by Gasteiger charge is 2.05. The van der Waals surface area contributed by atoms with Gasteiger partial charge in [-0.05, 0) is 6.07 Å². The summed E-state index contributed by atoms with van der Waals surface area (Å²) < 4.78 is 4.46. The van der Waals surface area contributed by atoms with Gasteiger partial charge in [-0.15, -0.1) is 0 Å². The molecule has 0 aliphatic heterocycles. The molecule has 72 valence electrons. The molecule has 0 aromatic heterocycles. The van der Waals surface area contributed by atoms with Crippen LogP contribution in [0.5, 0.6) is 5.75 Å². The van der Waals surface area contributed by atoms with Crippen LogP contribution < -0.4 is 0 Å². The summed E-state index contributed by atoms with van der Waals surface area (Å²) >= 11 is 0. The number of para-hydroxylation sites is 1. The first-order valence-corrected chi connectivity index (χ1v) is 3.57. The molecule has 3 nitrogen and oxygen atoms in total. The van der Waals surface area contributed by atoms with Crippen molar-refractivity contribution in [3.8, 4) is 5.75 Å². The van der Waals surface area contributed by atoms with Gasteiger partial charge in [-0.25, -0.2) is 0 Å². The molecule has 0 bridgehead atoms. The third-order valence-corrected chi connectivity index (χ3v) is 1.55. The number of methoxy groups -OCH3 is 1. The van der Waals surface area contributed by atoms with Crippen molar-refractivity contribution in [3.05, 3.63) is 29.8 Å². The molecule has 1 N–H and O–H groups in total. The molecule has 0 amide bonds. The summed E-state index contributed by atoms with van der Waals surface area (Å²) in [5.74, 6) is -0.223. The van der Waals surface area contributed by atoms with Crippen molar-refractivity contribution in [1.29, 1.82) is 0 Å². The maximum absolute atomic E-state index is 10.8. The quantitative estimate of drug-likeness (QED) is 0.709. The minimum Gasteiger partial charge on any atom is -0.508 e. The molecule has 0 spiro atoms. The monoisotopic (exact) mass is 182 g/mol. The lowest BCUT2D eigenvalue weighted by molar-refractivity contribution is -0.139. The number of rotatable bonds is 2. The second-order valence-corrected chi connectivity index (χ2v) is 2.38. The Morgan fingerprint density at radius 3 is 2.62 bits per heavy atom. The summed E-state index contributed by atoms with van der Waals surface area (Å²) in [6.45, 7) is 0. The summed E-state index contributed by atoms with van der Waals surface area (Å²) in [5.41, 5.74) is 0.587.